The molecule has 2 aromatic rings. The van der Waals surface area contributed by atoms with E-state index >= 15 is 0 Å². The molecular weight excluding hydrogens is 352 g/mol. The lowest BCUT2D eigenvalue weighted by atomic mass is 9.50. The normalized spacial score (nSPS) is 26.6. The van der Waals surface area contributed by atoms with Crippen LogP contribution in [-0.4, -0.2) is 26.2 Å². The standard InChI is InChI=1S/C24H24O4/c1-27-23(25)21-19-17-11-13-3-4-14-6-8-16(10-9-15(17)7-5-13)18(12-14)20(19)22(21)24(26)28-2/h5-8,11-12,19-22H,3-4,9-10H2,1-2H3. The van der Waals surface area contributed by atoms with Gasteiger partial charge < -0.3 is 9.47 Å². The average Bonchev–Trinajstić information content (AvgIpc) is 2.68. The first kappa shape index (κ1) is 17.5. The van der Waals surface area contributed by atoms with E-state index in [9.17, 15) is 9.59 Å². The molecule has 4 atom stereocenters. The quantitative estimate of drug-likeness (QED) is 0.755. The minimum atomic E-state index is -0.495. The van der Waals surface area contributed by atoms with E-state index in [2.05, 4.69) is 36.4 Å². The highest BCUT2D eigenvalue weighted by atomic mass is 16.5. The number of ether oxygens (including phenoxy) is 2. The molecule has 0 aliphatic heterocycles. The number of carbonyl (C=O) groups is 2. The van der Waals surface area contributed by atoms with Crippen LogP contribution in [0.5, 0.6) is 0 Å². The second-order valence-electron chi connectivity index (χ2n) is 8.22. The Morgan fingerprint density at radius 3 is 1.54 bits per heavy atom. The summed E-state index contributed by atoms with van der Waals surface area (Å²) in [6.07, 6.45) is 3.85. The molecule has 0 saturated heterocycles. The molecule has 1 fully saturated rings. The van der Waals surface area contributed by atoms with Crippen LogP contribution >= 0.6 is 0 Å². The smallest absolute Gasteiger partial charge is 0.310 e. The molecule has 5 rings (SSSR count). The third-order valence-electron chi connectivity index (χ3n) is 7.00. The van der Waals surface area contributed by atoms with Gasteiger partial charge in [-0.2, -0.15) is 0 Å². The van der Waals surface area contributed by atoms with Crippen molar-refractivity contribution >= 4 is 11.9 Å². The van der Waals surface area contributed by atoms with E-state index in [0.29, 0.717) is 0 Å². The van der Waals surface area contributed by atoms with Gasteiger partial charge in [-0.3, -0.25) is 9.59 Å². The van der Waals surface area contributed by atoms with Crippen molar-refractivity contribution in [3.05, 3.63) is 69.8 Å². The fourth-order valence-electron chi connectivity index (χ4n) is 5.61. The number of methoxy groups -OCH3 is 2. The summed E-state index contributed by atoms with van der Waals surface area (Å²) >= 11 is 0. The summed E-state index contributed by atoms with van der Waals surface area (Å²) in [7, 11) is 2.80. The predicted molar refractivity (Wildman–Crippen MR) is 104 cm³/mol. The Hall–Kier alpha value is -2.62. The van der Waals surface area contributed by atoms with Crippen LogP contribution in [0.3, 0.4) is 0 Å². The van der Waals surface area contributed by atoms with Gasteiger partial charge in [-0.25, -0.2) is 0 Å². The monoisotopic (exact) mass is 376 g/mol. The Morgan fingerprint density at radius 1 is 0.714 bits per heavy atom. The molecular formula is C24H24O4. The molecule has 2 aromatic carbocycles. The van der Waals surface area contributed by atoms with E-state index in [1.54, 1.807) is 0 Å². The van der Waals surface area contributed by atoms with E-state index < -0.39 is 11.8 Å². The highest BCUT2D eigenvalue weighted by Crippen LogP contribution is 2.60. The first-order valence-electron chi connectivity index (χ1n) is 10.0. The van der Waals surface area contributed by atoms with Gasteiger partial charge in [-0.15, -0.1) is 0 Å². The molecule has 0 spiro atoms. The van der Waals surface area contributed by atoms with Gasteiger partial charge >= 0.3 is 11.9 Å². The fraction of sp³-hybridized carbons (Fsp3) is 0.417. The SMILES string of the molecule is COC(=O)C1C(C(=O)OC)C2c3cc4ccc3CCc3ccc(cc3C12)CC4. The number of fused-ring (bicyclic) bond motifs is 2. The molecule has 28 heavy (non-hydrogen) atoms. The lowest BCUT2D eigenvalue weighted by Gasteiger charge is -2.51. The van der Waals surface area contributed by atoms with Crippen LogP contribution in [0.4, 0.5) is 0 Å². The minimum absolute atomic E-state index is 0.0427. The summed E-state index contributed by atoms with van der Waals surface area (Å²) in [5.74, 6) is -1.71. The molecule has 0 N–H and O–H groups in total. The van der Waals surface area contributed by atoms with Crippen LogP contribution in [0.25, 0.3) is 0 Å². The van der Waals surface area contributed by atoms with Gasteiger partial charge in [0, 0.05) is 11.8 Å². The van der Waals surface area contributed by atoms with Crippen molar-refractivity contribution in [1.82, 2.24) is 0 Å². The molecule has 0 radical (unpaired) electrons. The number of hydrogen-bond donors (Lipinski definition) is 0. The summed E-state index contributed by atoms with van der Waals surface area (Å²) in [6.45, 7) is 0. The Kier molecular flexibility index (Phi) is 4.04. The van der Waals surface area contributed by atoms with E-state index in [-0.39, 0.29) is 23.8 Å². The molecule has 4 unspecified atom stereocenters. The van der Waals surface area contributed by atoms with Crippen LogP contribution in [0.15, 0.2) is 36.4 Å². The highest BCUT2D eigenvalue weighted by molar-refractivity contribution is 5.87. The number of carbonyl (C=O) groups excluding carboxylic acids is 2. The maximum absolute atomic E-state index is 12.7. The summed E-state index contributed by atoms with van der Waals surface area (Å²) in [5, 5.41) is 0. The summed E-state index contributed by atoms with van der Waals surface area (Å²) in [6, 6.07) is 13.4. The van der Waals surface area contributed by atoms with Crippen LogP contribution < -0.4 is 0 Å². The van der Waals surface area contributed by atoms with Crippen LogP contribution in [0, 0.1) is 11.8 Å². The zero-order valence-corrected chi connectivity index (χ0v) is 16.2. The second kappa shape index (κ2) is 6.47. The van der Waals surface area contributed by atoms with E-state index in [0.717, 1.165) is 25.7 Å². The first-order chi connectivity index (χ1) is 13.6. The van der Waals surface area contributed by atoms with Crippen LogP contribution in [-0.2, 0) is 44.7 Å². The van der Waals surface area contributed by atoms with Gasteiger partial charge in [0.2, 0.25) is 0 Å². The van der Waals surface area contributed by atoms with Gasteiger partial charge in [-0.05, 0) is 59.1 Å². The molecule has 0 aromatic heterocycles. The molecule has 4 nitrogen and oxygen atoms in total. The molecule has 0 amide bonds. The minimum Gasteiger partial charge on any atom is -0.469 e. The second-order valence-corrected chi connectivity index (χ2v) is 8.22. The Labute approximate surface area is 164 Å². The Bertz CT molecular complexity index is 897. The third kappa shape index (κ3) is 2.43. The van der Waals surface area contributed by atoms with Crippen LogP contribution in [0.2, 0.25) is 0 Å². The number of rotatable bonds is 2. The van der Waals surface area contributed by atoms with Crippen molar-refractivity contribution in [2.75, 3.05) is 14.2 Å². The molecule has 4 heteroatoms. The molecule has 3 aliphatic carbocycles. The number of esters is 2. The number of hydrogen-bond acceptors (Lipinski definition) is 4. The Balaban J connectivity index is 1.77. The summed E-state index contributed by atoms with van der Waals surface area (Å²) < 4.78 is 10.2. The number of aryl methyl sites for hydroxylation is 4. The molecule has 144 valence electrons. The third-order valence-corrected chi connectivity index (χ3v) is 7.00. The molecule has 0 heterocycles. The first-order valence-corrected chi connectivity index (χ1v) is 10.0. The van der Waals surface area contributed by atoms with Gasteiger partial charge in [0.1, 0.15) is 0 Å². The van der Waals surface area contributed by atoms with Gasteiger partial charge in [-0.1, -0.05) is 36.4 Å². The van der Waals surface area contributed by atoms with Crippen molar-refractivity contribution in [3.8, 4) is 0 Å². The van der Waals surface area contributed by atoms with E-state index in [4.69, 9.17) is 9.47 Å². The van der Waals surface area contributed by atoms with Crippen molar-refractivity contribution in [1.29, 1.82) is 0 Å². The van der Waals surface area contributed by atoms with Crippen molar-refractivity contribution in [2.24, 2.45) is 11.8 Å². The van der Waals surface area contributed by atoms with Crippen molar-refractivity contribution in [3.63, 3.8) is 0 Å². The summed E-state index contributed by atoms with van der Waals surface area (Å²) in [4.78, 5) is 25.5. The zero-order valence-electron chi connectivity index (χ0n) is 16.2. The largest absolute Gasteiger partial charge is 0.469 e. The fourth-order valence-corrected chi connectivity index (χ4v) is 5.61. The topological polar surface area (TPSA) is 52.6 Å². The van der Waals surface area contributed by atoms with E-state index in [1.807, 2.05) is 0 Å². The number of benzene rings is 2. The summed E-state index contributed by atoms with van der Waals surface area (Å²) in [5.41, 5.74) is 7.58. The van der Waals surface area contributed by atoms with E-state index in [1.165, 1.54) is 47.6 Å². The van der Waals surface area contributed by atoms with Gasteiger partial charge in [0.25, 0.3) is 0 Å². The average molecular weight is 376 g/mol. The van der Waals surface area contributed by atoms with Crippen molar-refractivity contribution < 1.29 is 19.1 Å². The molecule has 3 aliphatic rings. The van der Waals surface area contributed by atoms with Crippen LogP contribution in [0.1, 0.15) is 45.2 Å². The van der Waals surface area contributed by atoms with Gasteiger partial charge in [0.05, 0.1) is 26.1 Å². The predicted octanol–water partition coefficient (Wildman–Crippen LogP) is 3.34. The highest BCUT2D eigenvalue weighted by Gasteiger charge is 2.60. The zero-order chi connectivity index (χ0) is 19.4. The lowest BCUT2D eigenvalue weighted by molar-refractivity contribution is -0.168. The molecule has 4 bridgehead atoms. The maximum Gasteiger partial charge on any atom is 0.310 e. The van der Waals surface area contributed by atoms with Crippen molar-refractivity contribution in [2.45, 2.75) is 37.5 Å². The maximum atomic E-state index is 12.7. The Morgan fingerprint density at radius 2 is 1.14 bits per heavy atom. The molecule has 1 saturated carbocycles. The van der Waals surface area contributed by atoms with Gasteiger partial charge in [0.15, 0.2) is 0 Å². The lowest BCUT2D eigenvalue weighted by Crippen LogP contribution is -2.52.